The van der Waals surface area contributed by atoms with E-state index in [0.29, 0.717) is 27.6 Å². The third-order valence-electron chi connectivity index (χ3n) is 10.5. The van der Waals surface area contributed by atoms with Gasteiger partial charge in [-0.2, -0.15) is 5.26 Å². The van der Waals surface area contributed by atoms with Crippen molar-refractivity contribution in [1.82, 2.24) is 9.13 Å². The van der Waals surface area contributed by atoms with Crippen LogP contribution in [0.25, 0.3) is 88.4 Å². The number of fused-ring (bicyclic) bond motifs is 6. The topological polar surface area (TPSA) is 33.6 Å². The molecule has 0 saturated heterocycles. The first kappa shape index (κ1) is 31.4. The van der Waals surface area contributed by atoms with Crippen LogP contribution in [-0.4, -0.2) is 9.13 Å². The molecular formula is C49H29F2N3. The van der Waals surface area contributed by atoms with Crippen LogP contribution in [0.3, 0.4) is 0 Å². The first-order valence-corrected chi connectivity index (χ1v) is 17.8. The van der Waals surface area contributed by atoms with Crippen LogP contribution in [0.5, 0.6) is 0 Å². The van der Waals surface area contributed by atoms with E-state index in [1.54, 1.807) is 9.13 Å². The molecule has 10 aromatic rings. The number of nitriles is 1. The largest absolute Gasteiger partial charge is 0.305 e. The molecule has 0 atom stereocenters. The molecule has 10 rings (SSSR count). The van der Waals surface area contributed by atoms with E-state index in [4.69, 9.17) is 0 Å². The van der Waals surface area contributed by atoms with Crippen molar-refractivity contribution in [1.29, 1.82) is 5.26 Å². The van der Waals surface area contributed by atoms with Crippen LogP contribution in [-0.2, 0) is 0 Å². The maximum Gasteiger partial charge on any atom is 0.159 e. The lowest BCUT2D eigenvalue weighted by Gasteiger charge is -2.21. The number of hydrogen-bond acceptors (Lipinski definition) is 1. The molecule has 0 unspecified atom stereocenters. The van der Waals surface area contributed by atoms with Crippen molar-refractivity contribution in [3.63, 3.8) is 0 Å². The van der Waals surface area contributed by atoms with Crippen molar-refractivity contribution in [2.45, 2.75) is 0 Å². The van der Waals surface area contributed by atoms with Gasteiger partial charge in [0, 0.05) is 21.5 Å². The van der Waals surface area contributed by atoms with Gasteiger partial charge in [0.1, 0.15) is 23.0 Å². The molecule has 8 aromatic carbocycles. The van der Waals surface area contributed by atoms with E-state index >= 15 is 8.78 Å². The second kappa shape index (κ2) is 12.4. The molecule has 0 aliphatic heterocycles. The Bertz CT molecular complexity index is 2830. The smallest absolute Gasteiger partial charge is 0.159 e. The molecule has 54 heavy (non-hydrogen) atoms. The van der Waals surface area contributed by atoms with Crippen LogP contribution in [0.4, 0.5) is 8.78 Å². The summed E-state index contributed by atoms with van der Waals surface area (Å²) in [6, 6.07) is 58.7. The van der Waals surface area contributed by atoms with Crippen LogP contribution in [0.1, 0.15) is 5.56 Å². The van der Waals surface area contributed by atoms with Gasteiger partial charge >= 0.3 is 0 Å². The molecule has 0 spiro atoms. The summed E-state index contributed by atoms with van der Waals surface area (Å²) >= 11 is 0. The monoisotopic (exact) mass is 697 g/mol. The summed E-state index contributed by atoms with van der Waals surface area (Å²) < 4.78 is 39.9. The minimum absolute atomic E-state index is 0.00506. The molecule has 0 saturated carbocycles. The lowest BCUT2D eigenvalue weighted by atomic mass is 9.91. The quantitative estimate of drug-likeness (QED) is 0.176. The lowest BCUT2D eigenvalue weighted by molar-refractivity contribution is 0.581. The summed E-state index contributed by atoms with van der Waals surface area (Å²) in [7, 11) is 0. The van der Waals surface area contributed by atoms with Crippen LogP contribution in [0, 0.1) is 23.0 Å². The van der Waals surface area contributed by atoms with Crippen molar-refractivity contribution in [2.24, 2.45) is 0 Å². The number of hydrogen-bond donors (Lipinski definition) is 0. The third kappa shape index (κ3) is 4.71. The Kier molecular flexibility index (Phi) is 7.24. The van der Waals surface area contributed by atoms with Crippen molar-refractivity contribution in [3.05, 3.63) is 193 Å². The van der Waals surface area contributed by atoms with E-state index in [2.05, 4.69) is 12.1 Å². The normalized spacial score (nSPS) is 11.5. The molecule has 254 valence electrons. The fourth-order valence-electron chi connectivity index (χ4n) is 8.14. The first-order chi connectivity index (χ1) is 26.6. The highest BCUT2D eigenvalue weighted by Gasteiger charge is 2.31. The summed E-state index contributed by atoms with van der Waals surface area (Å²) in [4.78, 5) is 0. The van der Waals surface area contributed by atoms with E-state index in [9.17, 15) is 5.26 Å². The van der Waals surface area contributed by atoms with Gasteiger partial charge in [0.2, 0.25) is 0 Å². The van der Waals surface area contributed by atoms with Gasteiger partial charge in [-0.3, -0.25) is 0 Å². The summed E-state index contributed by atoms with van der Waals surface area (Å²) in [5.74, 6) is -1.63. The van der Waals surface area contributed by atoms with Gasteiger partial charge in [0.05, 0.1) is 27.6 Å². The second-order valence-electron chi connectivity index (χ2n) is 13.5. The molecule has 3 nitrogen and oxygen atoms in total. The number of rotatable bonds is 5. The molecule has 0 fully saturated rings. The number of para-hydroxylation sites is 4. The Morgan fingerprint density at radius 2 is 0.685 bits per heavy atom. The van der Waals surface area contributed by atoms with Crippen LogP contribution < -0.4 is 0 Å². The van der Waals surface area contributed by atoms with Gasteiger partial charge in [-0.25, -0.2) is 8.78 Å². The average molecular weight is 698 g/mol. The maximum atomic E-state index is 18.2. The summed E-state index contributed by atoms with van der Waals surface area (Å²) in [6.45, 7) is 0. The van der Waals surface area contributed by atoms with Crippen molar-refractivity contribution in [2.75, 3.05) is 0 Å². The highest BCUT2D eigenvalue weighted by atomic mass is 19.1. The van der Waals surface area contributed by atoms with Gasteiger partial charge < -0.3 is 9.13 Å². The molecule has 0 aliphatic carbocycles. The standard InChI is InChI=1S/C49H29F2N3/c50-46-45(35-28-33(31-15-3-1-4-16-31)27-34(29-35)32-17-5-2-6-18-32)47(51)49(54-43-25-13-9-21-38(43)39-22-10-14-26-44(39)54)40(30-52)48(46)53-41-23-11-7-19-36(41)37-20-8-12-24-42(37)53/h1-29H. The van der Waals surface area contributed by atoms with Crippen LogP contribution in [0.15, 0.2) is 176 Å². The molecule has 2 heterocycles. The van der Waals surface area contributed by atoms with Crippen LogP contribution >= 0.6 is 0 Å². The van der Waals surface area contributed by atoms with Crippen molar-refractivity contribution >= 4 is 43.6 Å². The van der Waals surface area contributed by atoms with Crippen molar-refractivity contribution in [3.8, 4) is 50.8 Å². The van der Waals surface area contributed by atoms with E-state index in [1.807, 2.05) is 170 Å². The zero-order chi connectivity index (χ0) is 36.3. The Balaban J connectivity index is 1.41. The highest BCUT2D eigenvalue weighted by Crippen LogP contribution is 2.45. The molecule has 2 aromatic heterocycles. The maximum absolute atomic E-state index is 18.2. The first-order valence-electron chi connectivity index (χ1n) is 17.8. The molecular weight excluding hydrogens is 669 g/mol. The minimum atomic E-state index is -0.815. The Labute approximate surface area is 309 Å². The Morgan fingerprint density at radius 3 is 1.04 bits per heavy atom. The van der Waals surface area contributed by atoms with Gasteiger partial charge in [0.15, 0.2) is 11.6 Å². The van der Waals surface area contributed by atoms with Gasteiger partial charge in [-0.05, 0) is 70.3 Å². The summed E-state index contributed by atoms with van der Waals surface area (Å²) in [6.07, 6.45) is 0. The third-order valence-corrected chi connectivity index (χ3v) is 10.5. The summed E-state index contributed by atoms with van der Waals surface area (Å²) in [5.41, 5.74) is 6.33. The van der Waals surface area contributed by atoms with E-state index < -0.39 is 11.6 Å². The second-order valence-corrected chi connectivity index (χ2v) is 13.5. The molecule has 0 amide bonds. The van der Waals surface area contributed by atoms with Gasteiger partial charge in [0.25, 0.3) is 0 Å². The van der Waals surface area contributed by atoms with E-state index in [-0.39, 0.29) is 22.5 Å². The predicted octanol–water partition coefficient (Wildman–Crippen LogP) is 13.0. The van der Waals surface area contributed by atoms with E-state index in [1.165, 1.54) is 0 Å². The fourth-order valence-corrected chi connectivity index (χ4v) is 8.14. The van der Waals surface area contributed by atoms with E-state index in [0.717, 1.165) is 43.8 Å². The zero-order valence-corrected chi connectivity index (χ0v) is 28.8. The molecule has 5 heteroatoms. The molecule has 0 radical (unpaired) electrons. The van der Waals surface area contributed by atoms with Gasteiger partial charge in [-0.15, -0.1) is 0 Å². The molecule has 0 N–H and O–H groups in total. The summed E-state index contributed by atoms with van der Waals surface area (Å²) in [5, 5.41) is 14.8. The molecule has 0 bridgehead atoms. The Morgan fingerprint density at radius 1 is 0.370 bits per heavy atom. The lowest BCUT2D eigenvalue weighted by Crippen LogP contribution is -2.12. The van der Waals surface area contributed by atoms with Crippen molar-refractivity contribution < 1.29 is 8.78 Å². The van der Waals surface area contributed by atoms with Gasteiger partial charge in [-0.1, -0.05) is 133 Å². The highest BCUT2D eigenvalue weighted by molar-refractivity contribution is 6.11. The SMILES string of the molecule is N#Cc1c(-n2c3ccccc3c3ccccc32)c(F)c(-c2cc(-c3ccccc3)cc(-c3ccccc3)c2)c(F)c1-n1c2ccccc2c2ccccc21. The number of nitrogens with zero attached hydrogens (tertiary/aromatic N) is 3. The number of aromatic nitrogens is 2. The predicted molar refractivity (Wildman–Crippen MR) is 216 cm³/mol. The molecule has 0 aliphatic rings. The fraction of sp³-hybridized carbons (Fsp3) is 0. The number of halogens is 2. The Hall–Kier alpha value is -7.29. The number of benzene rings is 8. The average Bonchev–Trinajstić information content (AvgIpc) is 3.74. The minimum Gasteiger partial charge on any atom is -0.305 e. The van der Waals surface area contributed by atoms with Crippen LogP contribution in [0.2, 0.25) is 0 Å². The zero-order valence-electron chi connectivity index (χ0n) is 28.8.